The van der Waals surface area contributed by atoms with Crippen LogP contribution in [0.25, 0.3) is 0 Å². The third-order valence-electron chi connectivity index (χ3n) is 3.51. The minimum atomic E-state index is 0.248. The van der Waals surface area contributed by atoms with Crippen molar-refractivity contribution in [3.63, 3.8) is 0 Å². The van der Waals surface area contributed by atoms with Gasteiger partial charge < -0.3 is 5.32 Å². The molecule has 0 aromatic heterocycles. The second-order valence-corrected chi connectivity index (χ2v) is 6.05. The van der Waals surface area contributed by atoms with Crippen LogP contribution >= 0.6 is 23.4 Å². The number of hydrogen-bond donors (Lipinski definition) is 1. The standard InChI is InChI=1S/C14H19ClN2S/c1-3-14(4-2)10-18-13(17-14)16-9-11-6-5-7-12(15)8-11/h5-8H,3-4,9-10H2,1-2H3,(H,16,17). The monoisotopic (exact) mass is 282 g/mol. The van der Waals surface area contributed by atoms with Gasteiger partial charge in [0.25, 0.3) is 0 Å². The van der Waals surface area contributed by atoms with Crippen molar-refractivity contribution in [2.24, 2.45) is 4.99 Å². The first-order valence-electron chi connectivity index (χ1n) is 6.37. The first kappa shape index (κ1) is 13.8. The number of nitrogens with one attached hydrogen (secondary N) is 1. The van der Waals surface area contributed by atoms with Crippen molar-refractivity contribution in [3.05, 3.63) is 34.9 Å². The highest BCUT2D eigenvalue weighted by molar-refractivity contribution is 8.14. The topological polar surface area (TPSA) is 24.4 Å². The van der Waals surface area contributed by atoms with Crippen LogP contribution in [0, 0.1) is 0 Å². The van der Waals surface area contributed by atoms with Crippen molar-refractivity contribution in [2.75, 3.05) is 5.75 Å². The number of amidine groups is 1. The molecular formula is C14H19ClN2S. The summed E-state index contributed by atoms with van der Waals surface area (Å²) in [5.74, 6) is 1.12. The summed E-state index contributed by atoms with van der Waals surface area (Å²) in [4.78, 5) is 4.64. The van der Waals surface area contributed by atoms with E-state index in [1.807, 2.05) is 30.0 Å². The lowest BCUT2D eigenvalue weighted by Gasteiger charge is -2.25. The molecule has 1 fully saturated rings. The molecule has 0 spiro atoms. The number of nitrogens with zero attached hydrogens (tertiary/aromatic N) is 1. The summed E-state index contributed by atoms with van der Waals surface area (Å²) < 4.78 is 0. The Kier molecular flexibility index (Phi) is 4.57. The van der Waals surface area contributed by atoms with E-state index in [-0.39, 0.29) is 5.54 Å². The molecule has 98 valence electrons. The molecular weight excluding hydrogens is 264 g/mol. The van der Waals surface area contributed by atoms with E-state index in [9.17, 15) is 0 Å². The van der Waals surface area contributed by atoms with Crippen LogP contribution in [0.2, 0.25) is 5.02 Å². The molecule has 1 aliphatic heterocycles. The lowest BCUT2D eigenvalue weighted by atomic mass is 9.96. The van der Waals surface area contributed by atoms with Crippen molar-refractivity contribution in [1.82, 2.24) is 5.32 Å². The highest BCUT2D eigenvalue weighted by Gasteiger charge is 2.33. The Morgan fingerprint density at radius 3 is 2.78 bits per heavy atom. The third kappa shape index (κ3) is 3.21. The van der Waals surface area contributed by atoms with Gasteiger partial charge in [0.1, 0.15) is 0 Å². The highest BCUT2D eigenvalue weighted by atomic mass is 35.5. The Balaban J connectivity index is 1.99. The lowest BCUT2D eigenvalue weighted by Crippen LogP contribution is -2.42. The van der Waals surface area contributed by atoms with Crippen LogP contribution in [0.5, 0.6) is 0 Å². The molecule has 18 heavy (non-hydrogen) atoms. The van der Waals surface area contributed by atoms with Crippen LogP contribution in [0.4, 0.5) is 0 Å². The number of thioether (sulfide) groups is 1. The number of rotatable bonds is 4. The molecule has 1 saturated heterocycles. The summed E-state index contributed by atoms with van der Waals surface area (Å²) in [6, 6.07) is 7.88. The normalized spacial score (nSPS) is 20.1. The Hall–Kier alpha value is -0.670. The average Bonchev–Trinajstić information content (AvgIpc) is 2.81. The predicted octanol–water partition coefficient (Wildman–Crippen LogP) is 4.09. The van der Waals surface area contributed by atoms with Gasteiger partial charge in [-0.15, -0.1) is 0 Å². The van der Waals surface area contributed by atoms with Crippen LogP contribution in [-0.2, 0) is 6.54 Å². The molecule has 2 nitrogen and oxygen atoms in total. The molecule has 0 aliphatic carbocycles. The average molecular weight is 283 g/mol. The zero-order valence-electron chi connectivity index (χ0n) is 10.9. The van der Waals surface area contributed by atoms with Gasteiger partial charge >= 0.3 is 0 Å². The molecule has 2 rings (SSSR count). The van der Waals surface area contributed by atoms with E-state index in [1.54, 1.807) is 0 Å². The Morgan fingerprint density at radius 2 is 2.17 bits per heavy atom. The fourth-order valence-electron chi connectivity index (χ4n) is 2.02. The van der Waals surface area contributed by atoms with Crippen molar-refractivity contribution in [2.45, 2.75) is 38.8 Å². The second-order valence-electron chi connectivity index (χ2n) is 4.65. The van der Waals surface area contributed by atoms with Crippen LogP contribution in [-0.4, -0.2) is 16.5 Å². The molecule has 0 atom stereocenters. The van der Waals surface area contributed by atoms with E-state index >= 15 is 0 Å². The number of hydrogen-bond acceptors (Lipinski definition) is 2. The van der Waals surface area contributed by atoms with Gasteiger partial charge in [-0.3, -0.25) is 4.99 Å². The molecule has 4 heteroatoms. The van der Waals surface area contributed by atoms with Crippen molar-refractivity contribution >= 4 is 28.5 Å². The molecule has 1 aromatic carbocycles. The minimum absolute atomic E-state index is 0.248. The van der Waals surface area contributed by atoms with Gasteiger partial charge in [-0.25, -0.2) is 0 Å². The molecule has 1 N–H and O–H groups in total. The zero-order chi connectivity index (χ0) is 13.0. The van der Waals surface area contributed by atoms with Gasteiger partial charge in [0.05, 0.1) is 6.54 Å². The number of benzene rings is 1. The summed E-state index contributed by atoms with van der Waals surface area (Å²) in [5.41, 5.74) is 1.40. The Bertz CT molecular complexity index is 441. The maximum atomic E-state index is 5.96. The Labute approximate surface area is 118 Å². The van der Waals surface area contributed by atoms with E-state index in [0.29, 0.717) is 6.54 Å². The summed E-state index contributed by atoms with van der Waals surface area (Å²) in [7, 11) is 0. The van der Waals surface area contributed by atoms with Crippen LogP contribution in [0.3, 0.4) is 0 Å². The van der Waals surface area contributed by atoms with Crippen molar-refractivity contribution < 1.29 is 0 Å². The molecule has 0 radical (unpaired) electrons. The number of halogens is 1. The largest absolute Gasteiger partial charge is 0.359 e. The van der Waals surface area contributed by atoms with Crippen molar-refractivity contribution in [3.8, 4) is 0 Å². The first-order chi connectivity index (χ1) is 8.67. The quantitative estimate of drug-likeness (QED) is 0.899. The van der Waals surface area contributed by atoms with Crippen molar-refractivity contribution in [1.29, 1.82) is 0 Å². The van der Waals surface area contributed by atoms with Gasteiger partial charge in [-0.2, -0.15) is 0 Å². The summed E-state index contributed by atoms with van der Waals surface area (Å²) >= 11 is 7.79. The van der Waals surface area contributed by atoms with Gasteiger partial charge in [0.15, 0.2) is 5.17 Å². The molecule has 1 heterocycles. The van der Waals surface area contributed by atoms with Crippen LogP contribution in [0.15, 0.2) is 29.3 Å². The maximum absolute atomic E-state index is 5.96. The Morgan fingerprint density at radius 1 is 1.39 bits per heavy atom. The van der Waals surface area contributed by atoms with Gasteiger partial charge in [0.2, 0.25) is 0 Å². The van der Waals surface area contributed by atoms with E-state index < -0.39 is 0 Å². The summed E-state index contributed by atoms with van der Waals surface area (Å²) in [6.07, 6.45) is 2.29. The fraction of sp³-hybridized carbons (Fsp3) is 0.500. The molecule has 0 unspecified atom stereocenters. The number of aliphatic imine (C=N–C) groups is 1. The SMILES string of the molecule is CCC1(CC)CSC(=NCc2cccc(Cl)c2)N1. The molecule has 0 bridgehead atoms. The summed E-state index contributed by atoms with van der Waals surface area (Å²) in [6.45, 7) is 5.16. The lowest BCUT2D eigenvalue weighted by molar-refractivity contribution is 0.407. The van der Waals surface area contributed by atoms with Gasteiger partial charge in [-0.1, -0.05) is 49.3 Å². The first-order valence-corrected chi connectivity index (χ1v) is 7.73. The van der Waals surface area contributed by atoms with Gasteiger partial charge in [0, 0.05) is 16.3 Å². The third-order valence-corrected chi connectivity index (χ3v) is 4.94. The van der Waals surface area contributed by atoms with E-state index in [0.717, 1.165) is 34.3 Å². The second kappa shape index (κ2) is 5.98. The maximum Gasteiger partial charge on any atom is 0.157 e. The van der Waals surface area contributed by atoms with E-state index in [2.05, 4.69) is 30.2 Å². The summed E-state index contributed by atoms with van der Waals surface area (Å²) in [5, 5.41) is 5.41. The molecule has 0 saturated carbocycles. The van der Waals surface area contributed by atoms with Crippen LogP contribution < -0.4 is 5.32 Å². The predicted molar refractivity (Wildman–Crippen MR) is 81.5 cm³/mol. The van der Waals surface area contributed by atoms with E-state index in [4.69, 9.17) is 11.6 Å². The van der Waals surface area contributed by atoms with Gasteiger partial charge in [-0.05, 0) is 30.5 Å². The molecule has 0 amide bonds. The molecule has 1 aliphatic rings. The highest BCUT2D eigenvalue weighted by Crippen LogP contribution is 2.29. The minimum Gasteiger partial charge on any atom is -0.359 e. The van der Waals surface area contributed by atoms with Crippen LogP contribution in [0.1, 0.15) is 32.3 Å². The zero-order valence-corrected chi connectivity index (χ0v) is 12.4. The molecule has 1 aromatic rings. The van der Waals surface area contributed by atoms with E-state index in [1.165, 1.54) is 0 Å². The smallest absolute Gasteiger partial charge is 0.157 e. The fourth-order valence-corrected chi connectivity index (χ4v) is 3.57.